The molecule has 0 aromatic heterocycles. The molecule has 0 heterocycles. The Kier molecular flexibility index (Phi) is 7.25. The largest absolute Gasteiger partial charge is 0.573 e. The van der Waals surface area contributed by atoms with Crippen LogP contribution >= 0.6 is 34.8 Å². The topological polar surface area (TPSA) is 24.8 Å². The van der Waals surface area contributed by atoms with Gasteiger partial charge in [0.05, 0.1) is 22.1 Å². The minimum Gasteiger partial charge on any atom is -0.404 e. The standard InChI is InChI=1S/C18H16Cl3F3N2O/c1-3-26(2)10-25-16-9-14(20)12(8-15(16)21)6-11-4-5-13(19)17(7-11)27-18(22,23)24/h4-5,7-10H,3,6H2,1-2H3/b25-10-. The van der Waals surface area contributed by atoms with Gasteiger partial charge in [-0.3, -0.25) is 0 Å². The predicted molar refractivity (Wildman–Crippen MR) is 104 cm³/mol. The van der Waals surface area contributed by atoms with Gasteiger partial charge in [0.1, 0.15) is 5.75 Å². The molecule has 0 aliphatic rings. The smallest absolute Gasteiger partial charge is 0.404 e. The average molecular weight is 440 g/mol. The second-order valence-corrected chi connectivity index (χ2v) is 6.92. The molecule has 2 aromatic carbocycles. The number of halogens is 6. The Morgan fingerprint density at radius 3 is 2.41 bits per heavy atom. The number of hydrogen-bond acceptors (Lipinski definition) is 2. The van der Waals surface area contributed by atoms with Gasteiger partial charge in [0, 0.05) is 18.6 Å². The Labute approximate surface area is 170 Å². The Morgan fingerprint density at radius 1 is 1.07 bits per heavy atom. The maximum Gasteiger partial charge on any atom is 0.573 e. The van der Waals surface area contributed by atoms with Crippen LogP contribution in [0.3, 0.4) is 0 Å². The number of hydrogen-bond donors (Lipinski definition) is 0. The molecule has 0 spiro atoms. The monoisotopic (exact) mass is 438 g/mol. The number of nitrogens with zero attached hydrogens (tertiary/aromatic N) is 2. The summed E-state index contributed by atoms with van der Waals surface area (Å²) in [6.45, 7) is 2.76. The van der Waals surface area contributed by atoms with Crippen molar-refractivity contribution in [2.45, 2.75) is 19.7 Å². The summed E-state index contributed by atoms with van der Waals surface area (Å²) in [5.74, 6) is -0.465. The summed E-state index contributed by atoms with van der Waals surface area (Å²) in [6, 6.07) is 7.41. The van der Waals surface area contributed by atoms with Gasteiger partial charge < -0.3 is 9.64 Å². The summed E-state index contributed by atoms with van der Waals surface area (Å²) in [5, 5.41) is 0.653. The van der Waals surface area contributed by atoms with E-state index in [1.807, 2.05) is 18.9 Å². The van der Waals surface area contributed by atoms with Gasteiger partial charge >= 0.3 is 6.36 Å². The molecule has 0 unspecified atom stereocenters. The van der Waals surface area contributed by atoms with Gasteiger partial charge in [-0.25, -0.2) is 4.99 Å². The highest BCUT2D eigenvalue weighted by molar-refractivity contribution is 6.35. The van der Waals surface area contributed by atoms with Crippen LogP contribution in [0.4, 0.5) is 18.9 Å². The van der Waals surface area contributed by atoms with Gasteiger partial charge in [0.2, 0.25) is 0 Å². The molecule has 0 aliphatic carbocycles. The summed E-state index contributed by atoms with van der Waals surface area (Å²) < 4.78 is 41.3. The maximum absolute atomic E-state index is 12.5. The van der Waals surface area contributed by atoms with Crippen molar-refractivity contribution in [3.05, 3.63) is 56.5 Å². The van der Waals surface area contributed by atoms with E-state index in [2.05, 4.69) is 9.73 Å². The fourth-order valence-corrected chi connectivity index (χ4v) is 2.75. The molecule has 2 rings (SSSR count). The molecule has 0 radical (unpaired) electrons. The van der Waals surface area contributed by atoms with E-state index >= 15 is 0 Å². The molecule has 3 nitrogen and oxygen atoms in total. The van der Waals surface area contributed by atoms with Crippen molar-refractivity contribution in [2.75, 3.05) is 13.6 Å². The Balaban J connectivity index is 2.26. The zero-order valence-electron chi connectivity index (χ0n) is 14.4. The summed E-state index contributed by atoms with van der Waals surface area (Å²) in [4.78, 5) is 6.14. The molecular weight excluding hydrogens is 424 g/mol. The van der Waals surface area contributed by atoms with Gasteiger partial charge in [0.25, 0.3) is 0 Å². The van der Waals surface area contributed by atoms with Gasteiger partial charge in [0.15, 0.2) is 0 Å². The van der Waals surface area contributed by atoms with E-state index in [1.165, 1.54) is 12.1 Å². The molecule has 0 amide bonds. The Hall–Kier alpha value is -1.63. The van der Waals surface area contributed by atoms with Crippen LogP contribution in [-0.2, 0) is 6.42 Å². The van der Waals surface area contributed by atoms with E-state index < -0.39 is 12.1 Å². The van der Waals surface area contributed by atoms with Gasteiger partial charge in [-0.1, -0.05) is 40.9 Å². The van der Waals surface area contributed by atoms with Gasteiger partial charge in [-0.2, -0.15) is 0 Å². The summed E-state index contributed by atoms with van der Waals surface area (Å²) in [5.41, 5.74) is 1.69. The lowest BCUT2D eigenvalue weighted by Crippen LogP contribution is -2.17. The van der Waals surface area contributed by atoms with Crippen LogP contribution < -0.4 is 4.74 Å². The predicted octanol–water partition coefficient (Wildman–Crippen LogP) is 6.75. The van der Waals surface area contributed by atoms with Crippen LogP contribution in [0.25, 0.3) is 0 Å². The minimum atomic E-state index is -4.82. The first kappa shape index (κ1) is 21.7. The van der Waals surface area contributed by atoms with E-state index in [9.17, 15) is 13.2 Å². The zero-order chi connectivity index (χ0) is 20.2. The molecule has 0 atom stereocenters. The van der Waals surface area contributed by atoms with Crippen LogP contribution in [0.1, 0.15) is 18.1 Å². The first-order valence-electron chi connectivity index (χ1n) is 7.85. The lowest BCUT2D eigenvalue weighted by molar-refractivity contribution is -0.274. The highest BCUT2D eigenvalue weighted by Crippen LogP contribution is 2.35. The third-order valence-corrected chi connectivity index (χ3v) is 4.59. The summed E-state index contributed by atoms with van der Waals surface area (Å²) in [7, 11) is 1.87. The van der Waals surface area contributed by atoms with Crippen LogP contribution in [0.2, 0.25) is 15.1 Å². The molecule has 0 aliphatic heterocycles. The molecule has 0 N–H and O–H groups in total. The fourth-order valence-electron chi connectivity index (χ4n) is 2.13. The molecule has 0 saturated heterocycles. The summed E-state index contributed by atoms with van der Waals surface area (Å²) >= 11 is 18.3. The lowest BCUT2D eigenvalue weighted by Gasteiger charge is -2.13. The third kappa shape index (κ3) is 6.48. The molecule has 0 fully saturated rings. The van der Waals surface area contributed by atoms with Crippen LogP contribution in [-0.4, -0.2) is 31.2 Å². The maximum atomic E-state index is 12.5. The third-order valence-electron chi connectivity index (χ3n) is 3.62. The highest BCUT2D eigenvalue weighted by Gasteiger charge is 2.32. The van der Waals surface area contributed by atoms with Crippen molar-refractivity contribution in [3.8, 4) is 5.75 Å². The van der Waals surface area contributed by atoms with E-state index in [4.69, 9.17) is 34.8 Å². The summed E-state index contributed by atoms with van der Waals surface area (Å²) in [6.07, 6.45) is -2.94. The first-order chi connectivity index (χ1) is 12.6. The number of alkyl halides is 3. The van der Waals surface area contributed by atoms with Crippen molar-refractivity contribution >= 4 is 46.8 Å². The highest BCUT2D eigenvalue weighted by atomic mass is 35.5. The number of ether oxygens (including phenoxy) is 1. The molecule has 2 aromatic rings. The van der Waals surface area contributed by atoms with Crippen molar-refractivity contribution < 1.29 is 17.9 Å². The van der Waals surface area contributed by atoms with Crippen molar-refractivity contribution in [2.24, 2.45) is 4.99 Å². The van der Waals surface area contributed by atoms with Gasteiger partial charge in [-0.05, 0) is 48.7 Å². The average Bonchev–Trinajstić information content (AvgIpc) is 2.58. The fraction of sp³-hybridized carbons (Fsp3) is 0.278. The number of rotatable bonds is 6. The molecular formula is C18H16Cl3F3N2O. The second-order valence-electron chi connectivity index (χ2n) is 5.70. The van der Waals surface area contributed by atoms with E-state index in [-0.39, 0.29) is 11.4 Å². The minimum absolute atomic E-state index is 0.134. The Morgan fingerprint density at radius 2 is 1.78 bits per heavy atom. The zero-order valence-corrected chi connectivity index (χ0v) is 16.7. The quantitative estimate of drug-likeness (QED) is 0.367. The normalized spacial score (nSPS) is 11.9. The number of aliphatic imine (C=N–C) groups is 1. The Bertz CT molecular complexity index is 841. The lowest BCUT2D eigenvalue weighted by atomic mass is 10.0. The van der Waals surface area contributed by atoms with Crippen molar-refractivity contribution in [1.82, 2.24) is 4.90 Å². The van der Waals surface area contributed by atoms with Crippen molar-refractivity contribution in [1.29, 1.82) is 0 Å². The molecule has 0 saturated carbocycles. The number of benzene rings is 2. The molecule has 27 heavy (non-hydrogen) atoms. The first-order valence-corrected chi connectivity index (χ1v) is 8.99. The van der Waals surface area contributed by atoms with Crippen LogP contribution in [0.5, 0.6) is 5.75 Å². The SMILES string of the molecule is CCN(C)/C=N\c1cc(Cl)c(Cc2ccc(Cl)c(OC(F)(F)F)c2)cc1Cl. The van der Waals surface area contributed by atoms with Crippen LogP contribution in [0.15, 0.2) is 35.3 Å². The van der Waals surface area contributed by atoms with E-state index in [0.29, 0.717) is 26.9 Å². The van der Waals surface area contributed by atoms with E-state index in [0.717, 1.165) is 6.54 Å². The molecule has 0 bridgehead atoms. The van der Waals surface area contributed by atoms with E-state index in [1.54, 1.807) is 24.5 Å². The molecule has 146 valence electrons. The second kappa shape index (κ2) is 9.04. The van der Waals surface area contributed by atoms with Gasteiger partial charge in [-0.15, -0.1) is 13.2 Å². The van der Waals surface area contributed by atoms with Crippen molar-refractivity contribution in [3.63, 3.8) is 0 Å². The van der Waals surface area contributed by atoms with Crippen LogP contribution in [0, 0.1) is 0 Å². The molecule has 9 heteroatoms.